The lowest BCUT2D eigenvalue weighted by atomic mass is 10.1. The van der Waals surface area contributed by atoms with Gasteiger partial charge in [0.05, 0.1) is 12.2 Å². The van der Waals surface area contributed by atoms with E-state index in [0.29, 0.717) is 19.0 Å². The maximum absolute atomic E-state index is 13.4. The van der Waals surface area contributed by atoms with Crippen molar-refractivity contribution >= 4 is 17.7 Å². The van der Waals surface area contributed by atoms with E-state index in [4.69, 9.17) is 0 Å². The lowest BCUT2D eigenvalue weighted by Gasteiger charge is -2.14. The largest absolute Gasteiger partial charge is 0.352 e. The second-order valence-corrected chi connectivity index (χ2v) is 6.26. The van der Waals surface area contributed by atoms with E-state index in [1.165, 1.54) is 6.07 Å². The molecule has 2 aromatic rings. The van der Waals surface area contributed by atoms with Gasteiger partial charge in [-0.2, -0.15) is 11.8 Å². The van der Waals surface area contributed by atoms with Crippen LogP contribution in [0.2, 0.25) is 0 Å². The van der Waals surface area contributed by atoms with Crippen molar-refractivity contribution in [1.82, 2.24) is 15.6 Å². The van der Waals surface area contributed by atoms with Crippen LogP contribution in [-0.2, 0) is 18.8 Å². The average molecular weight is 346 g/mol. The van der Waals surface area contributed by atoms with Gasteiger partial charge in [0.15, 0.2) is 5.96 Å². The Hall–Kier alpha value is -2.08. The lowest BCUT2D eigenvalue weighted by molar-refractivity contribution is 0.625. The molecule has 0 aliphatic heterocycles. The monoisotopic (exact) mass is 346 g/mol. The van der Waals surface area contributed by atoms with E-state index in [9.17, 15) is 4.39 Å². The Kier molecular flexibility index (Phi) is 7.06. The molecule has 0 radical (unpaired) electrons. The Bertz CT molecular complexity index is 703. The van der Waals surface area contributed by atoms with E-state index in [2.05, 4.69) is 20.6 Å². The number of pyridine rings is 1. The molecule has 0 saturated heterocycles. The van der Waals surface area contributed by atoms with Crippen LogP contribution in [-0.4, -0.2) is 24.2 Å². The molecular formula is C18H23FN4S. The molecular weight excluding hydrogens is 323 g/mol. The van der Waals surface area contributed by atoms with E-state index in [0.717, 1.165) is 28.1 Å². The summed E-state index contributed by atoms with van der Waals surface area (Å²) in [6.07, 6.45) is 3.80. The molecule has 0 aliphatic carbocycles. The SMILES string of the molecule is CN=C(NCc1ccc(F)cc1CSC)NCc1ncccc1C. The van der Waals surface area contributed by atoms with Gasteiger partial charge in [0.25, 0.3) is 0 Å². The Balaban J connectivity index is 1.96. The minimum Gasteiger partial charge on any atom is -0.352 e. The van der Waals surface area contributed by atoms with Crippen LogP contribution in [0.25, 0.3) is 0 Å². The molecule has 0 aliphatic rings. The zero-order valence-electron chi connectivity index (χ0n) is 14.3. The van der Waals surface area contributed by atoms with Gasteiger partial charge in [-0.15, -0.1) is 0 Å². The molecule has 0 amide bonds. The van der Waals surface area contributed by atoms with E-state index in [-0.39, 0.29) is 5.82 Å². The van der Waals surface area contributed by atoms with Gasteiger partial charge in [-0.3, -0.25) is 9.98 Å². The van der Waals surface area contributed by atoms with Crippen LogP contribution in [0.5, 0.6) is 0 Å². The number of nitrogens with one attached hydrogen (secondary N) is 2. The second kappa shape index (κ2) is 9.27. The Labute approximate surface area is 147 Å². The normalized spacial score (nSPS) is 11.4. The van der Waals surface area contributed by atoms with E-state index >= 15 is 0 Å². The smallest absolute Gasteiger partial charge is 0.191 e. The molecule has 0 spiro atoms. The number of guanidine groups is 1. The third-order valence-electron chi connectivity index (χ3n) is 3.68. The molecule has 6 heteroatoms. The van der Waals surface area contributed by atoms with Crippen LogP contribution in [0.4, 0.5) is 4.39 Å². The molecule has 4 nitrogen and oxygen atoms in total. The molecule has 128 valence electrons. The number of benzene rings is 1. The number of rotatable bonds is 6. The summed E-state index contributed by atoms with van der Waals surface area (Å²) in [6, 6.07) is 8.88. The number of aliphatic imine (C=N–C) groups is 1. The number of halogens is 1. The number of hydrogen-bond donors (Lipinski definition) is 2. The topological polar surface area (TPSA) is 49.3 Å². The van der Waals surface area contributed by atoms with Crippen LogP contribution in [0.15, 0.2) is 41.5 Å². The first kappa shape index (κ1) is 18.3. The molecule has 1 aromatic heterocycles. The molecule has 1 aromatic carbocycles. The summed E-state index contributed by atoms with van der Waals surface area (Å²) < 4.78 is 13.4. The Morgan fingerprint density at radius 1 is 1.21 bits per heavy atom. The van der Waals surface area contributed by atoms with Crippen LogP contribution in [0, 0.1) is 12.7 Å². The quantitative estimate of drug-likeness (QED) is 0.623. The van der Waals surface area contributed by atoms with Gasteiger partial charge in [-0.25, -0.2) is 4.39 Å². The third kappa shape index (κ3) is 5.23. The van der Waals surface area contributed by atoms with E-state index in [1.807, 2.05) is 31.4 Å². The van der Waals surface area contributed by atoms with Crippen molar-refractivity contribution in [3.05, 3.63) is 64.7 Å². The lowest BCUT2D eigenvalue weighted by Crippen LogP contribution is -2.36. The van der Waals surface area contributed by atoms with E-state index < -0.39 is 0 Å². The first-order chi connectivity index (χ1) is 11.6. The van der Waals surface area contributed by atoms with Crippen LogP contribution in [0.3, 0.4) is 0 Å². The highest BCUT2D eigenvalue weighted by Crippen LogP contribution is 2.16. The van der Waals surface area contributed by atoms with Crippen molar-refractivity contribution in [2.75, 3.05) is 13.3 Å². The summed E-state index contributed by atoms with van der Waals surface area (Å²) >= 11 is 1.68. The summed E-state index contributed by atoms with van der Waals surface area (Å²) in [7, 11) is 1.73. The highest BCUT2D eigenvalue weighted by Gasteiger charge is 2.06. The van der Waals surface area contributed by atoms with Crippen LogP contribution < -0.4 is 10.6 Å². The average Bonchev–Trinajstić information content (AvgIpc) is 2.58. The van der Waals surface area contributed by atoms with Crippen LogP contribution >= 0.6 is 11.8 Å². The number of hydrogen-bond acceptors (Lipinski definition) is 3. The molecule has 0 bridgehead atoms. The summed E-state index contributed by atoms with van der Waals surface area (Å²) in [6.45, 7) is 3.23. The summed E-state index contributed by atoms with van der Waals surface area (Å²) in [5.41, 5.74) is 4.21. The van der Waals surface area contributed by atoms with E-state index in [1.54, 1.807) is 31.1 Å². The number of thioether (sulfide) groups is 1. The van der Waals surface area contributed by atoms with Crippen molar-refractivity contribution in [1.29, 1.82) is 0 Å². The Morgan fingerprint density at radius 3 is 2.71 bits per heavy atom. The minimum absolute atomic E-state index is 0.198. The van der Waals surface area contributed by atoms with Crippen molar-refractivity contribution in [2.45, 2.75) is 25.8 Å². The van der Waals surface area contributed by atoms with Crippen molar-refractivity contribution in [2.24, 2.45) is 4.99 Å². The third-order valence-corrected chi connectivity index (χ3v) is 4.28. The molecule has 0 saturated carbocycles. The predicted octanol–water partition coefficient (Wildman–Crippen LogP) is 3.26. The fourth-order valence-electron chi connectivity index (χ4n) is 2.33. The fraction of sp³-hybridized carbons (Fsp3) is 0.333. The van der Waals surface area contributed by atoms with Gasteiger partial charge in [0.2, 0.25) is 0 Å². The van der Waals surface area contributed by atoms with Crippen LogP contribution in [0.1, 0.15) is 22.4 Å². The second-order valence-electron chi connectivity index (χ2n) is 5.39. The maximum atomic E-state index is 13.4. The molecule has 24 heavy (non-hydrogen) atoms. The first-order valence-corrected chi connectivity index (χ1v) is 9.14. The molecule has 0 unspecified atom stereocenters. The van der Waals surface area contributed by atoms with Gasteiger partial charge < -0.3 is 10.6 Å². The van der Waals surface area contributed by atoms with Gasteiger partial charge in [0, 0.05) is 25.5 Å². The highest BCUT2D eigenvalue weighted by atomic mass is 32.2. The highest BCUT2D eigenvalue weighted by molar-refractivity contribution is 7.97. The number of nitrogens with zero attached hydrogens (tertiary/aromatic N) is 2. The van der Waals surface area contributed by atoms with Crippen molar-refractivity contribution < 1.29 is 4.39 Å². The summed E-state index contributed by atoms with van der Waals surface area (Å²) in [4.78, 5) is 8.59. The summed E-state index contributed by atoms with van der Waals surface area (Å²) in [5.74, 6) is 1.28. The minimum atomic E-state index is -0.198. The molecule has 2 rings (SSSR count). The molecule has 2 N–H and O–H groups in total. The fourth-order valence-corrected chi connectivity index (χ4v) is 2.91. The van der Waals surface area contributed by atoms with Gasteiger partial charge in [-0.1, -0.05) is 12.1 Å². The predicted molar refractivity (Wildman–Crippen MR) is 99.6 cm³/mol. The summed E-state index contributed by atoms with van der Waals surface area (Å²) in [5, 5.41) is 6.53. The van der Waals surface area contributed by atoms with Crippen molar-refractivity contribution in [3.63, 3.8) is 0 Å². The maximum Gasteiger partial charge on any atom is 0.191 e. The molecule has 0 fully saturated rings. The zero-order chi connectivity index (χ0) is 17.4. The number of aromatic nitrogens is 1. The van der Waals surface area contributed by atoms with Gasteiger partial charge in [-0.05, 0) is 48.1 Å². The zero-order valence-corrected chi connectivity index (χ0v) is 15.1. The van der Waals surface area contributed by atoms with Gasteiger partial charge in [0.1, 0.15) is 5.82 Å². The molecule has 0 atom stereocenters. The standard InChI is InChI=1S/C18H23FN4S/c1-13-5-4-8-21-17(13)11-23-18(20-2)22-10-14-6-7-16(19)9-15(14)12-24-3/h4-9H,10-12H2,1-3H3,(H2,20,22,23). The van der Waals surface area contributed by atoms with Crippen molar-refractivity contribution in [3.8, 4) is 0 Å². The van der Waals surface area contributed by atoms with Gasteiger partial charge >= 0.3 is 0 Å². The first-order valence-electron chi connectivity index (χ1n) is 7.75. The Morgan fingerprint density at radius 2 is 2.00 bits per heavy atom. The number of aryl methyl sites for hydroxylation is 1. The molecule has 1 heterocycles.